The summed E-state index contributed by atoms with van der Waals surface area (Å²) in [6, 6.07) is -0.227. The highest BCUT2D eigenvalue weighted by Crippen LogP contribution is 2.07. The van der Waals surface area contributed by atoms with Crippen LogP contribution >= 0.6 is 0 Å². The molecule has 2 atom stereocenters. The number of aliphatic hydroxyl groups excluding tert-OH is 1. The van der Waals surface area contributed by atoms with Gasteiger partial charge in [0.2, 0.25) is 5.91 Å². The highest BCUT2D eigenvalue weighted by Gasteiger charge is 2.14. The van der Waals surface area contributed by atoms with Crippen molar-refractivity contribution in [3.05, 3.63) is 0 Å². The fourth-order valence-electron chi connectivity index (χ4n) is 1.25. The Morgan fingerprint density at radius 3 is 2.33 bits per heavy atom. The van der Waals surface area contributed by atoms with E-state index < -0.39 is 5.97 Å². The molecule has 0 heterocycles. The molecule has 5 nitrogen and oxygen atoms in total. The van der Waals surface area contributed by atoms with Crippen molar-refractivity contribution in [2.24, 2.45) is 5.92 Å². The van der Waals surface area contributed by atoms with E-state index in [0.29, 0.717) is 6.42 Å². The van der Waals surface area contributed by atoms with Gasteiger partial charge in [0.05, 0.1) is 12.6 Å². The molecule has 0 aromatic carbocycles. The lowest BCUT2D eigenvalue weighted by Crippen LogP contribution is -2.37. The summed E-state index contributed by atoms with van der Waals surface area (Å²) >= 11 is 0. The molecular formula is C10H19NO4. The second-order valence-corrected chi connectivity index (χ2v) is 3.76. The third-order valence-electron chi connectivity index (χ3n) is 2.14. The maximum Gasteiger partial charge on any atom is 0.303 e. The zero-order valence-corrected chi connectivity index (χ0v) is 9.19. The zero-order valence-electron chi connectivity index (χ0n) is 9.19. The molecule has 15 heavy (non-hydrogen) atoms. The first kappa shape index (κ1) is 13.9. The molecule has 0 aliphatic rings. The van der Waals surface area contributed by atoms with Crippen LogP contribution in [0.3, 0.4) is 0 Å². The molecule has 3 N–H and O–H groups in total. The number of carboxylic acid groups (broad SMARTS) is 1. The van der Waals surface area contributed by atoms with E-state index in [1.54, 1.807) is 6.92 Å². The van der Waals surface area contributed by atoms with Crippen molar-refractivity contribution in [2.75, 3.05) is 6.61 Å². The van der Waals surface area contributed by atoms with Crippen LogP contribution < -0.4 is 5.32 Å². The Kier molecular flexibility index (Phi) is 6.70. The van der Waals surface area contributed by atoms with Crippen LogP contribution in [0.15, 0.2) is 0 Å². The van der Waals surface area contributed by atoms with Crippen LogP contribution in [0.5, 0.6) is 0 Å². The Morgan fingerprint density at radius 2 is 1.93 bits per heavy atom. The summed E-state index contributed by atoms with van der Waals surface area (Å²) in [7, 11) is 0. The number of nitrogens with one attached hydrogen (secondary N) is 1. The lowest BCUT2D eigenvalue weighted by molar-refractivity contribution is -0.138. The zero-order chi connectivity index (χ0) is 11.8. The second-order valence-electron chi connectivity index (χ2n) is 3.76. The molecule has 0 fully saturated rings. The van der Waals surface area contributed by atoms with Gasteiger partial charge in [0.25, 0.3) is 0 Å². The average Bonchev–Trinajstić information content (AvgIpc) is 2.12. The van der Waals surface area contributed by atoms with Gasteiger partial charge in [-0.1, -0.05) is 13.8 Å². The van der Waals surface area contributed by atoms with Crippen molar-refractivity contribution in [3.8, 4) is 0 Å². The highest BCUT2D eigenvalue weighted by molar-refractivity contribution is 5.77. The van der Waals surface area contributed by atoms with Gasteiger partial charge in [-0.15, -0.1) is 0 Å². The van der Waals surface area contributed by atoms with Gasteiger partial charge in [0.15, 0.2) is 0 Å². The summed E-state index contributed by atoms with van der Waals surface area (Å²) < 4.78 is 0. The summed E-state index contributed by atoms with van der Waals surface area (Å²) in [5.74, 6) is -1.28. The number of carbonyl (C=O) groups excluding carboxylic acids is 1. The molecule has 0 rings (SSSR count). The molecule has 0 saturated carbocycles. The van der Waals surface area contributed by atoms with Crippen LogP contribution in [0.2, 0.25) is 0 Å². The van der Waals surface area contributed by atoms with Crippen molar-refractivity contribution >= 4 is 11.9 Å². The maximum absolute atomic E-state index is 11.3. The van der Waals surface area contributed by atoms with E-state index in [2.05, 4.69) is 5.32 Å². The standard InChI is InChI=1S/C10H19NO4/c1-3-8(6-12)11-9(13)4-7(2)5-10(14)15/h7-8,12H,3-6H2,1-2H3,(H,11,13)(H,14,15)/t7?,8-/m1/s1. The SMILES string of the molecule is CC[C@H](CO)NC(=O)CC(C)CC(=O)O. The van der Waals surface area contributed by atoms with Gasteiger partial charge in [0.1, 0.15) is 0 Å². The number of aliphatic hydroxyl groups is 1. The largest absolute Gasteiger partial charge is 0.481 e. The molecular weight excluding hydrogens is 198 g/mol. The Hall–Kier alpha value is -1.10. The van der Waals surface area contributed by atoms with Crippen LogP contribution in [0.1, 0.15) is 33.1 Å². The van der Waals surface area contributed by atoms with Crippen LogP contribution in [-0.4, -0.2) is 34.7 Å². The molecule has 0 bridgehead atoms. The van der Waals surface area contributed by atoms with Crippen molar-refractivity contribution in [1.82, 2.24) is 5.32 Å². The number of rotatable bonds is 7. The minimum atomic E-state index is -0.899. The van der Waals surface area contributed by atoms with Gasteiger partial charge in [-0.05, 0) is 12.3 Å². The predicted octanol–water partition coefficient (Wildman–Crippen LogP) is 0.374. The van der Waals surface area contributed by atoms with Crippen molar-refractivity contribution in [3.63, 3.8) is 0 Å². The molecule has 0 aromatic rings. The number of carboxylic acids is 1. The predicted molar refractivity (Wildman–Crippen MR) is 55.3 cm³/mol. The Balaban J connectivity index is 3.86. The molecule has 0 aliphatic carbocycles. The number of hydrogen-bond acceptors (Lipinski definition) is 3. The molecule has 0 spiro atoms. The minimum Gasteiger partial charge on any atom is -0.481 e. The number of aliphatic carboxylic acids is 1. The van der Waals surface area contributed by atoms with Gasteiger partial charge in [-0.25, -0.2) is 0 Å². The minimum absolute atomic E-state index is 0.0106. The monoisotopic (exact) mass is 217 g/mol. The Bertz CT molecular complexity index is 213. The first-order chi connectivity index (χ1) is 6.99. The van der Waals surface area contributed by atoms with Gasteiger partial charge >= 0.3 is 5.97 Å². The summed E-state index contributed by atoms with van der Waals surface area (Å²) in [5, 5.41) is 20.0. The van der Waals surface area contributed by atoms with E-state index in [1.807, 2.05) is 6.92 Å². The first-order valence-electron chi connectivity index (χ1n) is 5.11. The van der Waals surface area contributed by atoms with Crippen molar-refractivity contribution in [1.29, 1.82) is 0 Å². The number of amides is 1. The second kappa shape index (κ2) is 7.23. The van der Waals surface area contributed by atoms with Gasteiger partial charge in [-0.2, -0.15) is 0 Å². The summed E-state index contributed by atoms with van der Waals surface area (Å²) in [5.41, 5.74) is 0. The Morgan fingerprint density at radius 1 is 1.33 bits per heavy atom. The van der Waals surface area contributed by atoms with E-state index in [0.717, 1.165) is 0 Å². The van der Waals surface area contributed by atoms with Crippen LogP contribution in [-0.2, 0) is 9.59 Å². The smallest absolute Gasteiger partial charge is 0.303 e. The fraction of sp³-hybridized carbons (Fsp3) is 0.800. The lowest BCUT2D eigenvalue weighted by atomic mass is 10.0. The molecule has 1 unspecified atom stereocenters. The normalized spacial score (nSPS) is 14.3. The number of carbonyl (C=O) groups is 2. The quantitative estimate of drug-likeness (QED) is 0.575. The van der Waals surface area contributed by atoms with Crippen molar-refractivity contribution < 1.29 is 19.8 Å². The third-order valence-corrected chi connectivity index (χ3v) is 2.14. The van der Waals surface area contributed by atoms with Crippen LogP contribution in [0, 0.1) is 5.92 Å². The molecule has 88 valence electrons. The van der Waals surface area contributed by atoms with E-state index in [-0.39, 0.29) is 37.3 Å². The summed E-state index contributed by atoms with van der Waals surface area (Å²) in [6.45, 7) is 3.49. The summed E-state index contributed by atoms with van der Waals surface area (Å²) in [4.78, 5) is 21.7. The van der Waals surface area contributed by atoms with Crippen LogP contribution in [0.4, 0.5) is 0 Å². The van der Waals surface area contributed by atoms with E-state index in [1.165, 1.54) is 0 Å². The maximum atomic E-state index is 11.3. The molecule has 5 heteroatoms. The molecule has 0 saturated heterocycles. The van der Waals surface area contributed by atoms with Gasteiger partial charge < -0.3 is 15.5 Å². The third kappa shape index (κ3) is 6.90. The molecule has 1 amide bonds. The van der Waals surface area contributed by atoms with E-state index >= 15 is 0 Å². The van der Waals surface area contributed by atoms with E-state index in [9.17, 15) is 9.59 Å². The molecule has 0 aromatic heterocycles. The van der Waals surface area contributed by atoms with Gasteiger partial charge in [-0.3, -0.25) is 9.59 Å². The van der Waals surface area contributed by atoms with Gasteiger partial charge in [0, 0.05) is 12.8 Å². The van der Waals surface area contributed by atoms with Crippen LogP contribution in [0.25, 0.3) is 0 Å². The Labute approximate surface area is 89.5 Å². The summed E-state index contributed by atoms with van der Waals surface area (Å²) in [6.07, 6.45) is 0.835. The molecule has 0 aliphatic heterocycles. The molecule has 0 radical (unpaired) electrons. The average molecular weight is 217 g/mol. The highest BCUT2D eigenvalue weighted by atomic mass is 16.4. The lowest BCUT2D eigenvalue weighted by Gasteiger charge is -2.15. The van der Waals surface area contributed by atoms with E-state index in [4.69, 9.17) is 10.2 Å². The number of hydrogen-bond donors (Lipinski definition) is 3. The fourth-order valence-corrected chi connectivity index (χ4v) is 1.25. The first-order valence-corrected chi connectivity index (χ1v) is 5.11. The topological polar surface area (TPSA) is 86.6 Å². The van der Waals surface area contributed by atoms with Crippen molar-refractivity contribution in [2.45, 2.75) is 39.2 Å².